The summed E-state index contributed by atoms with van der Waals surface area (Å²) in [6, 6.07) is 7.24. The van der Waals surface area contributed by atoms with Crippen molar-refractivity contribution in [3.05, 3.63) is 24.3 Å². The maximum absolute atomic E-state index is 9.84. The second-order valence-corrected chi connectivity index (χ2v) is 6.54. The van der Waals surface area contributed by atoms with E-state index in [0.29, 0.717) is 24.6 Å². The van der Waals surface area contributed by atoms with E-state index in [-0.39, 0.29) is 11.8 Å². The molecule has 9 nitrogen and oxygen atoms in total. The highest BCUT2D eigenvalue weighted by Crippen LogP contribution is 2.29. The Bertz CT molecular complexity index is 947. The average molecular weight is 353 g/mol. The number of hydrogen-bond donors (Lipinski definition) is 2. The molecule has 134 valence electrons. The second kappa shape index (κ2) is 6.19. The van der Waals surface area contributed by atoms with Gasteiger partial charge in [0.2, 0.25) is 0 Å². The number of rotatable bonds is 3. The van der Waals surface area contributed by atoms with Gasteiger partial charge in [-0.1, -0.05) is 17.3 Å². The van der Waals surface area contributed by atoms with Crippen LogP contribution in [0, 0.1) is 0 Å². The number of phenols is 1. The average Bonchev–Trinajstić information content (AvgIpc) is 3.04. The third kappa shape index (κ3) is 2.56. The normalized spacial score (nSPS) is 18.2. The zero-order chi connectivity index (χ0) is 17.5. The fourth-order valence-electron chi connectivity index (χ4n) is 3.28. The van der Waals surface area contributed by atoms with E-state index >= 15 is 0 Å². The van der Waals surface area contributed by atoms with Gasteiger partial charge in [-0.05, 0) is 12.1 Å². The molecule has 0 unspecified atom stereocenters. The van der Waals surface area contributed by atoms with E-state index in [1.165, 1.54) is 0 Å². The topological polar surface area (TPSA) is 101 Å². The van der Waals surface area contributed by atoms with Crippen LogP contribution >= 0.6 is 0 Å². The van der Waals surface area contributed by atoms with Gasteiger partial charge in [0.25, 0.3) is 0 Å². The van der Waals surface area contributed by atoms with Crippen LogP contribution in [0.25, 0.3) is 22.6 Å². The molecule has 2 saturated heterocycles. The van der Waals surface area contributed by atoms with Crippen LogP contribution in [-0.4, -0.2) is 69.5 Å². The summed E-state index contributed by atoms with van der Waals surface area (Å²) in [4.78, 5) is 11.7. The lowest BCUT2D eigenvalue weighted by atomic mass is 10.2. The van der Waals surface area contributed by atoms with Crippen LogP contribution in [0.5, 0.6) is 5.75 Å². The number of aromatic hydroxyl groups is 1. The largest absolute Gasteiger partial charge is 0.508 e. The van der Waals surface area contributed by atoms with Crippen molar-refractivity contribution in [2.45, 2.75) is 6.04 Å². The van der Waals surface area contributed by atoms with Gasteiger partial charge in [0.05, 0.1) is 19.3 Å². The molecule has 2 aromatic heterocycles. The first kappa shape index (κ1) is 15.5. The van der Waals surface area contributed by atoms with Gasteiger partial charge in [0.1, 0.15) is 5.75 Å². The molecule has 0 radical (unpaired) electrons. The highest BCUT2D eigenvalue weighted by atomic mass is 16.5. The Morgan fingerprint density at radius 2 is 2.00 bits per heavy atom. The Morgan fingerprint density at radius 1 is 1.15 bits per heavy atom. The molecule has 3 aromatic rings. The first-order valence-electron chi connectivity index (χ1n) is 8.75. The van der Waals surface area contributed by atoms with Crippen molar-refractivity contribution >= 4 is 17.0 Å². The minimum atomic E-state index is 0.189. The predicted octanol–water partition coefficient (Wildman–Crippen LogP) is 0.575. The van der Waals surface area contributed by atoms with Crippen LogP contribution in [-0.2, 0) is 4.74 Å². The first-order valence-corrected chi connectivity index (χ1v) is 8.75. The molecule has 2 aliphatic rings. The summed E-state index contributed by atoms with van der Waals surface area (Å²) in [6.45, 7) is 4.54. The van der Waals surface area contributed by atoms with E-state index in [2.05, 4.69) is 20.5 Å². The summed E-state index contributed by atoms with van der Waals surface area (Å²) < 4.78 is 7.34. The number of hydrogen-bond acceptors (Lipinski definition) is 8. The lowest BCUT2D eigenvalue weighted by molar-refractivity contribution is 0.122. The van der Waals surface area contributed by atoms with Crippen LogP contribution in [0.4, 0.5) is 5.82 Å². The summed E-state index contributed by atoms with van der Waals surface area (Å²) >= 11 is 0. The Hall–Kier alpha value is -2.78. The van der Waals surface area contributed by atoms with E-state index in [1.54, 1.807) is 18.2 Å². The molecule has 0 saturated carbocycles. The third-order valence-electron chi connectivity index (χ3n) is 4.83. The van der Waals surface area contributed by atoms with E-state index in [1.807, 2.05) is 10.7 Å². The molecule has 1 aromatic carbocycles. The van der Waals surface area contributed by atoms with Gasteiger partial charge in [0, 0.05) is 31.7 Å². The van der Waals surface area contributed by atoms with Crippen LogP contribution in [0.1, 0.15) is 6.04 Å². The molecule has 0 bridgehead atoms. The fraction of sp³-hybridized carbons (Fsp3) is 0.412. The quantitative estimate of drug-likeness (QED) is 0.705. The summed E-state index contributed by atoms with van der Waals surface area (Å²) in [5.41, 5.74) is 2.20. The summed E-state index contributed by atoms with van der Waals surface area (Å²) in [5.74, 6) is 1.52. The number of morpholine rings is 1. The maximum atomic E-state index is 9.84. The van der Waals surface area contributed by atoms with Gasteiger partial charge in [-0.25, -0.2) is 14.6 Å². The van der Waals surface area contributed by atoms with E-state index < -0.39 is 0 Å². The van der Waals surface area contributed by atoms with Crippen LogP contribution in [0.3, 0.4) is 0 Å². The molecule has 0 aliphatic carbocycles. The summed E-state index contributed by atoms with van der Waals surface area (Å²) in [7, 11) is 0. The van der Waals surface area contributed by atoms with Gasteiger partial charge in [-0.15, -0.1) is 5.10 Å². The predicted molar refractivity (Wildman–Crippen MR) is 95.2 cm³/mol. The third-order valence-corrected chi connectivity index (χ3v) is 4.83. The Morgan fingerprint density at radius 3 is 2.73 bits per heavy atom. The molecule has 0 amide bonds. The van der Waals surface area contributed by atoms with Crippen molar-refractivity contribution in [3.8, 4) is 17.1 Å². The number of aromatic nitrogens is 5. The number of nitrogens with zero attached hydrogens (tertiary/aromatic N) is 6. The lowest BCUT2D eigenvalue weighted by Gasteiger charge is -2.29. The SMILES string of the molecule is Oc1cccc(-c2nc(N3CCOCC3)c3nnn(C4CNC4)c3n2)c1. The highest BCUT2D eigenvalue weighted by Gasteiger charge is 2.27. The number of phenolic OH excluding ortho intramolecular Hbond substituents is 1. The molecule has 2 fully saturated rings. The van der Waals surface area contributed by atoms with Crippen molar-refractivity contribution in [2.75, 3.05) is 44.3 Å². The standard InChI is InChI=1S/C17H19N7O2/c25-13-3-1-2-11(8-13)15-19-16(23-4-6-26-7-5-23)14-17(20-15)24(22-21-14)12-9-18-10-12/h1-3,8,12,18,25H,4-7,9-10H2. The lowest BCUT2D eigenvalue weighted by Crippen LogP contribution is -2.44. The smallest absolute Gasteiger partial charge is 0.184 e. The molecule has 5 rings (SSSR count). The molecule has 2 aliphatic heterocycles. The zero-order valence-corrected chi connectivity index (χ0v) is 14.2. The van der Waals surface area contributed by atoms with Gasteiger partial charge in [0.15, 0.2) is 22.8 Å². The number of benzene rings is 1. The van der Waals surface area contributed by atoms with Crippen LogP contribution in [0.15, 0.2) is 24.3 Å². The molecule has 26 heavy (non-hydrogen) atoms. The monoisotopic (exact) mass is 353 g/mol. The highest BCUT2D eigenvalue weighted by molar-refractivity contribution is 5.85. The van der Waals surface area contributed by atoms with Crippen LogP contribution < -0.4 is 10.2 Å². The number of ether oxygens (including phenoxy) is 1. The van der Waals surface area contributed by atoms with Crippen molar-refractivity contribution in [3.63, 3.8) is 0 Å². The van der Waals surface area contributed by atoms with Gasteiger partial charge < -0.3 is 20.1 Å². The molecule has 9 heteroatoms. The van der Waals surface area contributed by atoms with E-state index in [9.17, 15) is 5.11 Å². The molecular formula is C17H19N7O2. The summed E-state index contributed by atoms with van der Waals surface area (Å²) in [6.07, 6.45) is 0. The van der Waals surface area contributed by atoms with Gasteiger partial charge in [-0.3, -0.25) is 0 Å². The zero-order valence-electron chi connectivity index (χ0n) is 14.2. The van der Waals surface area contributed by atoms with Crippen molar-refractivity contribution in [1.82, 2.24) is 30.3 Å². The molecule has 0 spiro atoms. The first-order chi connectivity index (χ1) is 12.8. The Balaban J connectivity index is 1.69. The Labute approximate surface area is 149 Å². The van der Waals surface area contributed by atoms with Gasteiger partial charge in [-0.2, -0.15) is 0 Å². The maximum Gasteiger partial charge on any atom is 0.184 e. The van der Waals surface area contributed by atoms with E-state index in [0.717, 1.165) is 43.2 Å². The molecule has 2 N–H and O–H groups in total. The number of fused-ring (bicyclic) bond motifs is 1. The van der Waals surface area contributed by atoms with E-state index in [4.69, 9.17) is 14.7 Å². The van der Waals surface area contributed by atoms with Crippen molar-refractivity contribution in [1.29, 1.82) is 0 Å². The number of anilines is 1. The van der Waals surface area contributed by atoms with Crippen LogP contribution in [0.2, 0.25) is 0 Å². The van der Waals surface area contributed by atoms with Crippen molar-refractivity contribution < 1.29 is 9.84 Å². The fourth-order valence-corrected chi connectivity index (χ4v) is 3.28. The minimum Gasteiger partial charge on any atom is -0.508 e. The second-order valence-electron chi connectivity index (χ2n) is 6.54. The molecule has 4 heterocycles. The summed E-state index contributed by atoms with van der Waals surface area (Å²) in [5, 5.41) is 21.8. The van der Waals surface area contributed by atoms with Gasteiger partial charge >= 0.3 is 0 Å². The molecular weight excluding hydrogens is 334 g/mol. The minimum absolute atomic E-state index is 0.189. The Kier molecular flexibility index (Phi) is 3.68. The number of nitrogens with one attached hydrogen (secondary N) is 1. The van der Waals surface area contributed by atoms with Crippen molar-refractivity contribution in [2.24, 2.45) is 0 Å². The molecule has 0 atom stereocenters.